The van der Waals surface area contributed by atoms with Crippen LogP contribution in [0.2, 0.25) is 0 Å². The molecule has 6 heteroatoms. The van der Waals surface area contributed by atoms with E-state index >= 15 is 0 Å². The van der Waals surface area contributed by atoms with Gasteiger partial charge in [0.05, 0.1) is 29.5 Å². The van der Waals surface area contributed by atoms with Gasteiger partial charge in [-0.25, -0.2) is 4.79 Å². The number of nitriles is 1. The van der Waals surface area contributed by atoms with E-state index in [1.807, 2.05) is 13.0 Å². The van der Waals surface area contributed by atoms with Crippen LogP contribution in [-0.4, -0.2) is 23.6 Å². The second-order valence-electron chi connectivity index (χ2n) is 4.59. The van der Waals surface area contributed by atoms with Crippen molar-refractivity contribution >= 4 is 17.6 Å². The molecule has 1 amide bonds. The molecule has 0 spiro atoms. The summed E-state index contributed by atoms with van der Waals surface area (Å²) in [4.78, 5) is 23.4. The standard InChI is InChI=1S/C17H14N2O4/c1-2-23-13-6-4-12(5-7-13)16(20)19-15-8-3-11(10-18)9-14(15)17(21)22/h3-9H,2H2,1H3,(H,19,20)(H,21,22). The number of aromatic carboxylic acids is 1. The van der Waals surface area contributed by atoms with Gasteiger partial charge in [0.2, 0.25) is 0 Å². The van der Waals surface area contributed by atoms with Gasteiger partial charge in [-0.2, -0.15) is 5.26 Å². The van der Waals surface area contributed by atoms with Gasteiger partial charge in [-0.05, 0) is 49.4 Å². The molecule has 6 nitrogen and oxygen atoms in total. The molecule has 0 heterocycles. The molecule has 2 aromatic rings. The molecule has 2 aromatic carbocycles. The van der Waals surface area contributed by atoms with Crippen LogP contribution in [0.3, 0.4) is 0 Å². The summed E-state index contributed by atoms with van der Waals surface area (Å²) in [5.41, 5.74) is 0.578. The highest BCUT2D eigenvalue weighted by Gasteiger charge is 2.14. The number of nitrogens with one attached hydrogen (secondary N) is 1. The van der Waals surface area contributed by atoms with Crippen LogP contribution in [-0.2, 0) is 0 Å². The number of carboxylic acids is 1. The summed E-state index contributed by atoms with van der Waals surface area (Å²) in [5, 5.41) is 20.6. The maximum absolute atomic E-state index is 12.2. The predicted molar refractivity (Wildman–Crippen MR) is 83.7 cm³/mol. The van der Waals surface area contributed by atoms with Crippen LogP contribution >= 0.6 is 0 Å². The number of nitrogens with zero attached hydrogens (tertiary/aromatic N) is 1. The quantitative estimate of drug-likeness (QED) is 0.884. The van der Waals surface area contributed by atoms with E-state index in [1.165, 1.54) is 18.2 Å². The highest BCUT2D eigenvalue weighted by molar-refractivity contribution is 6.07. The third-order valence-corrected chi connectivity index (χ3v) is 3.05. The molecule has 0 fully saturated rings. The molecule has 0 saturated carbocycles. The van der Waals surface area contributed by atoms with Crippen molar-refractivity contribution in [3.05, 3.63) is 59.2 Å². The number of ether oxygens (including phenoxy) is 1. The molecular weight excluding hydrogens is 296 g/mol. The number of hydrogen-bond acceptors (Lipinski definition) is 4. The van der Waals surface area contributed by atoms with E-state index in [-0.39, 0.29) is 16.8 Å². The molecule has 2 rings (SSSR count). The molecule has 0 aliphatic carbocycles. The lowest BCUT2D eigenvalue weighted by Gasteiger charge is -2.09. The molecule has 0 bridgehead atoms. The first-order valence-electron chi connectivity index (χ1n) is 6.86. The zero-order chi connectivity index (χ0) is 16.8. The predicted octanol–water partition coefficient (Wildman–Crippen LogP) is 2.91. The van der Waals surface area contributed by atoms with Crippen molar-refractivity contribution in [2.45, 2.75) is 6.92 Å². The van der Waals surface area contributed by atoms with Crippen LogP contribution in [0.1, 0.15) is 33.2 Å². The molecule has 0 unspecified atom stereocenters. The average molecular weight is 310 g/mol. The number of carbonyl (C=O) groups excluding carboxylic acids is 1. The van der Waals surface area contributed by atoms with Crippen molar-refractivity contribution in [1.29, 1.82) is 5.26 Å². The Morgan fingerprint density at radius 2 is 1.91 bits per heavy atom. The fraction of sp³-hybridized carbons (Fsp3) is 0.118. The molecule has 116 valence electrons. The summed E-state index contributed by atoms with van der Waals surface area (Å²) in [6, 6.07) is 12.4. The second kappa shape index (κ2) is 7.09. The van der Waals surface area contributed by atoms with Crippen molar-refractivity contribution in [3.63, 3.8) is 0 Å². The molecule has 23 heavy (non-hydrogen) atoms. The van der Waals surface area contributed by atoms with Crippen molar-refractivity contribution in [1.82, 2.24) is 0 Å². The number of anilines is 1. The van der Waals surface area contributed by atoms with E-state index in [0.717, 1.165) is 0 Å². The van der Waals surface area contributed by atoms with Gasteiger partial charge >= 0.3 is 5.97 Å². The minimum atomic E-state index is -1.22. The Morgan fingerprint density at radius 3 is 2.48 bits per heavy atom. The van der Waals surface area contributed by atoms with E-state index < -0.39 is 11.9 Å². The zero-order valence-corrected chi connectivity index (χ0v) is 12.4. The Kier molecular flexibility index (Phi) is 4.95. The third kappa shape index (κ3) is 3.86. The van der Waals surface area contributed by atoms with Crippen molar-refractivity contribution in [3.8, 4) is 11.8 Å². The molecular formula is C17H14N2O4. The summed E-state index contributed by atoms with van der Waals surface area (Å²) in [7, 11) is 0. The summed E-state index contributed by atoms with van der Waals surface area (Å²) in [5.74, 6) is -1.02. The van der Waals surface area contributed by atoms with Crippen LogP contribution in [0, 0.1) is 11.3 Å². The van der Waals surface area contributed by atoms with E-state index in [9.17, 15) is 14.7 Å². The Balaban J connectivity index is 2.23. The Labute approximate surface area is 132 Å². The van der Waals surface area contributed by atoms with Gasteiger partial charge in [0.1, 0.15) is 5.75 Å². The van der Waals surface area contributed by atoms with E-state index in [0.29, 0.717) is 17.9 Å². The highest BCUT2D eigenvalue weighted by Crippen LogP contribution is 2.19. The lowest BCUT2D eigenvalue weighted by molar-refractivity contribution is 0.0698. The maximum atomic E-state index is 12.2. The van der Waals surface area contributed by atoms with Gasteiger partial charge < -0.3 is 15.2 Å². The number of rotatable bonds is 5. The first-order chi connectivity index (χ1) is 11.0. The summed E-state index contributed by atoms with van der Waals surface area (Å²) >= 11 is 0. The Hall–Kier alpha value is -3.33. The minimum Gasteiger partial charge on any atom is -0.494 e. The monoisotopic (exact) mass is 310 g/mol. The molecule has 0 aliphatic rings. The summed E-state index contributed by atoms with van der Waals surface area (Å²) in [6.45, 7) is 2.39. The van der Waals surface area contributed by atoms with Crippen LogP contribution in [0.25, 0.3) is 0 Å². The van der Waals surface area contributed by atoms with Crippen LogP contribution in [0.4, 0.5) is 5.69 Å². The van der Waals surface area contributed by atoms with Crippen molar-refractivity contribution in [2.24, 2.45) is 0 Å². The maximum Gasteiger partial charge on any atom is 0.337 e. The highest BCUT2D eigenvalue weighted by atomic mass is 16.5. The number of benzene rings is 2. The van der Waals surface area contributed by atoms with E-state index in [2.05, 4.69) is 5.32 Å². The number of amides is 1. The van der Waals surface area contributed by atoms with Crippen molar-refractivity contribution < 1.29 is 19.4 Å². The van der Waals surface area contributed by atoms with Gasteiger partial charge in [0, 0.05) is 5.56 Å². The fourth-order valence-corrected chi connectivity index (χ4v) is 1.96. The van der Waals surface area contributed by atoms with Gasteiger partial charge in [0.25, 0.3) is 5.91 Å². The minimum absolute atomic E-state index is 0.135. The summed E-state index contributed by atoms with van der Waals surface area (Å²) < 4.78 is 5.29. The Morgan fingerprint density at radius 1 is 1.22 bits per heavy atom. The third-order valence-electron chi connectivity index (χ3n) is 3.05. The lowest BCUT2D eigenvalue weighted by atomic mass is 10.1. The van der Waals surface area contributed by atoms with Crippen LogP contribution < -0.4 is 10.1 Å². The fourth-order valence-electron chi connectivity index (χ4n) is 1.96. The molecule has 0 aromatic heterocycles. The molecule has 0 atom stereocenters. The van der Waals surface area contributed by atoms with Crippen LogP contribution in [0.5, 0.6) is 5.75 Å². The number of carbonyl (C=O) groups is 2. The SMILES string of the molecule is CCOc1ccc(C(=O)Nc2ccc(C#N)cc2C(=O)O)cc1. The first-order valence-corrected chi connectivity index (χ1v) is 6.86. The number of hydrogen-bond donors (Lipinski definition) is 2. The van der Waals surface area contributed by atoms with Gasteiger partial charge in [-0.1, -0.05) is 0 Å². The second-order valence-corrected chi connectivity index (χ2v) is 4.59. The molecule has 0 radical (unpaired) electrons. The van der Waals surface area contributed by atoms with E-state index in [4.69, 9.17) is 10.00 Å². The van der Waals surface area contributed by atoms with Crippen molar-refractivity contribution in [2.75, 3.05) is 11.9 Å². The van der Waals surface area contributed by atoms with E-state index in [1.54, 1.807) is 24.3 Å². The van der Waals surface area contributed by atoms with Gasteiger partial charge in [0.15, 0.2) is 0 Å². The largest absolute Gasteiger partial charge is 0.494 e. The average Bonchev–Trinajstić information content (AvgIpc) is 2.56. The van der Waals surface area contributed by atoms with Gasteiger partial charge in [-0.3, -0.25) is 4.79 Å². The smallest absolute Gasteiger partial charge is 0.337 e. The topological polar surface area (TPSA) is 99.4 Å². The van der Waals surface area contributed by atoms with Gasteiger partial charge in [-0.15, -0.1) is 0 Å². The lowest BCUT2D eigenvalue weighted by Crippen LogP contribution is -2.15. The first kappa shape index (κ1) is 16.0. The number of carboxylic acid groups (broad SMARTS) is 1. The zero-order valence-electron chi connectivity index (χ0n) is 12.4. The molecule has 0 saturated heterocycles. The normalized spacial score (nSPS) is 9.74. The molecule has 0 aliphatic heterocycles. The Bertz CT molecular complexity index is 776. The van der Waals surface area contributed by atoms with Crippen LogP contribution in [0.15, 0.2) is 42.5 Å². The molecule has 2 N–H and O–H groups in total. The summed E-state index contributed by atoms with van der Waals surface area (Å²) in [6.07, 6.45) is 0.